The Labute approximate surface area is 552 Å². The summed E-state index contributed by atoms with van der Waals surface area (Å²) in [4.78, 5) is 245. The summed E-state index contributed by atoms with van der Waals surface area (Å²) in [6, 6.07) is 0. The maximum atomic E-state index is 12.9. The molecule has 45 nitrogen and oxygen atoms in total. The Bertz CT molecular complexity index is 3780. The van der Waals surface area contributed by atoms with E-state index in [1.165, 1.54) is 0 Å². The lowest BCUT2D eigenvalue weighted by atomic mass is 10.3. The average Bonchev–Trinajstić information content (AvgIpc) is 0.805. The molecule has 3 heterocycles. The molecule has 3 aromatic rings. The molecule has 45 heteroatoms. The Kier molecular flexibility index (Phi) is 39.9. The Morgan fingerprint density at radius 2 is 0.354 bits per heavy atom. The van der Waals surface area contributed by atoms with E-state index in [9.17, 15) is 101 Å². The molecule has 0 spiro atoms. The van der Waals surface area contributed by atoms with Crippen molar-refractivity contribution >= 4 is 71.6 Å². The van der Waals surface area contributed by atoms with Crippen LogP contribution in [0.2, 0.25) is 0 Å². The van der Waals surface area contributed by atoms with Gasteiger partial charge in [0.15, 0.2) is 0 Å². The molecule has 3 rings (SSSR count). The van der Waals surface area contributed by atoms with E-state index in [1.807, 2.05) is 0 Å². The van der Waals surface area contributed by atoms with Crippen LogP contribution in [0.25, 0.3) is 0 Å². The molecule has 0 fully saturated rings. The summed E-state index contributed by atoms with van der Waals surface area (Å²) in [6.45, 7) is -6.93. The van der Waals surface area contributed by atoms with Gasteiger partial charge in [-0.1, -0.05) is 0 Å². The number of aromatic nitrogens is 9. The second-order valence-electron chi connectivity index (χ2n) is 19.8. The van der Waals surface area contributed by atoms with Gasteiger partial charge in [0.1, 0.15) is 19.8 Å². The van der Waals surface area contributed by atoms with Crippen LogP contribution in [-0.2, 0) is 145 Å². The zero-order valence-corrected chi connectivity index (χ0v) is 52.9. The van der Waals surface area contributed by atoms with Gasteiger partial charge in [0, 0.05) is 19.6 Å². The number of esters is 6. The quantitative estimate of drug-likeness (QED) is 0.0144. The third kappa shape index (κ3) is 32.4. The molecule has 0 radical (unpaired) electrons. The van der Waals surface area contributed by atoms with Crippen LogP contribution in [-0.4, -0.2) is 218 Å². The summed E-state index contributed by atoms with van der Waals surface area (Å²) >= 11 is 0. The fourth-order valence-corrected chi connectivity index (χ4v) is 7.73. The number of carboxylic acid groups (broad SMARTS) is 6. The highest BCUT2D eigenvalue weighted by molar-refractivity contribution is 5.79. The van der Waals surface area contributed by atoms with Crippen LogP contribution in [0.5, 0.6) is 0 Å². The molecular formula is C54H75N9O36. The highest BCUT2D eigenvalue weighted by atomic mass is 16.6. The highest BCUT2D eigenvalue weighted by Gasteiger charge is 2.21. The van der Waals surface area contributed by atoms with Crippen LogP contribution in [0.4, 0.5) is 0 Å². The molecule has 0 aliphatic rings. The Morgan fingerprint density at radius 3 is 0.505 bits per heavy atom. The van der Waals surface area contributed by atoms with Gasteiger partial charge >= 0.3 is 123 Å². The molecule has 9 N–H and O–H groups in total. The fraction of sp³-hybridized carbons (Fsp3) is 0.611. The van der Waals surface area contributed by atoms with Crippen LogP contribution in [0.1, 0.15) is 96.3 Å². The third-order valence-electron chi connectivity index (χ3n) is 12.5. The van der Waals surface area contributed by atoms with E-state index in [0.717, 1.165) is 4.57 Å². The van der Waals surface area contributed by atoms with Gasteiger partial charge in [0.05, 0.1) is 156 Å². The number of aliphatic carboxylic acids is 6. The molecule has 0 saturated heterocycles. The largest absolute Gasteiger partial charge is 0.481 e. The molecular weight excluding hydrogens is 1350 g/mol. The van der Waals surface area contributed by atoms with Crippen molar-refractivity contribution in [2.45, 2.75) is 155 Å². The van der Waals surface area contributed by atoms with Crippen molar-refractivity contribution in [3.05, 3.63) is 94.4 Å². The van der Waals surface area contributed by atoms with Crippen molar-refractivity contribution in [2.75, 3.05) is 59.5 Å². The minimum atomic E-state index is -1.24. The minimum absolute atomic E-state index is 0.00450. The van der Waals surface area contributed by atoms with E-state index in [-0.39, 0.29) is 97.5 Å². The smallest absolute Gasteiger partial charge is 0.336 e. The van der Waals surface area contributed by atoms with E-state index in [0.29, 0.717) is 36.5 Å². The van der Waals surface area contributed by atoms with Crippen LogP contribution < -0.4 is 51.2 Å². The normalized spacial score (nSPS) is 10.6. The van der Waals surface area contributed by atoms with Crippen LogP contribution in [0.3, 0.4) is 0 Å². The number of ether oxygens (including phenoxy) is 6. The predicted molar refractivity (Wildman–Crippen MR) is 320 cm³/mol. The van der Waals surface area contributed by atoms with Crippen molar-refractivity contribution in [3.8, 4) is 0 Å². The number of aliphatic hydroxyl groups is 3. The van der Waals surface area contributed by atoms with Gasteiger partial charge in [0.2, 0.25) is 0 Å². The summed E-state index contributed by atoms with van der Waals surface area (Å²) in [7, 11) is 0. The van der Waals surface area contributed by atoms with Crippen molar-refractivity contribution in [2.24, 2.45) is 0 Å². The molecule has 0 amide bonds. The first-order valence-corrected chi connectivity index (χ1v) is 29.6. The molecule has 0 aliphatic carbocycles. The van der Waals surface area contributed by atoms with E-state index < -0.39 is 240 Å². The first-order chi connectivity index (χ1) is 46.7. The van der Waals surface area contributed by atoms with Crippen molar-refractivity contribution in [1.29, 1.82) is 0 Å². The Hall–Kier alpha value is -11.2. The number of carbonyl (C=O) groups is 12. The summed E-state index contributed by atoms with van der Waals surface area (Å²) in [5, 5.41) is 78.4. The van der Waals surface area contributed by atoms with Gasteiger partial charge in [-0.05, 0) is 19.3 Å². The van der Waals surface area contributed by atoms with Gasteiger partial charge in [-0.25, -0.2) is 84.3 Å². The van der Waals surface area contributed by atoms with Gasteiger partial charge in [-0.15, -0.1) is 0 Å². The maximum absolute atomic E-state index is 12.9. The lowest BCUT2D eigenvalue weighted by Crippen LogP contribution is -2.55. The molecule has 99 heavy (non-hydrogen) atoms. The zero-order valence-electron chi connectivity index (χ0n) is 52.9. The van der Waals surface area contributed by atoms with Gasteiger partial charge in [-0.2, -0.15) is 0 Å². The van der Waals surface area contributed by atoms with Crippen LogP contribution in [0.15, 0.2) is 43.2 Å². The van der Waals surface area contributed by atoms with Gasteiger partial charge < -0.3 is 74.4 Å². The Morgan fingerprint density at radius 1 is 0.212 bits per heavy atom. The van der Waals surface area contributed by atoms with Crippen molar-refractivity contribution < 1.29 is 132 Å². The predicted octanol–water partition coefficient (Wildman–Crippen LogP) is -7.89. The maximum Gasteiger partial charge on any atom is 0.336 e. The standard InChI is InChI=1S/C22H29N3O15.C18H25N3O12.C14H21N3O9/c26-14(27)2-5-17(32)38-11-1-8-23-20(35)24(9-12-39-18(33)6-3-15(28)29)22(37)25(21(23)36)10-13-40-19(34)7-4-16(30)31;22-9-7-20-16(29)19(6-1-10-32-14(27)4-2-12(23)24)17(30)21(18(20)31)8-11-33-15(28)5-3-13(25)26;18-7-5-16-12(23)15(13(24)17(6-8-19)14(16)25)4-1-9-26-11(22)3-2-10(20)21/h1-13H2,(H,26,27)(H,28,29)(H,30,31);22H,1-11H2,(H,23,24)(H,25,26);18-19H,1-9H2,(H,20,21). The van der Waals surface area contributed by atoms with E-state index >= 15 is 0 Å². The number of rotatable bonds is 45. The average molecular weight is 1430 g/mol. The lowest BCUT2D eigenvalue weighted by molar-refractivity contribution is -0.148. The first kappa shape index (κ1) is 85.8. The number of carbonyl (C=O) groups excluding carboxylic acids is 6. The number of carboxylic acids is 6. The number of aliphatic hydroxyl groups excluding tert-OH is 3. The molecule has 552 valence electrons. The number of hydrogen-bond donors (Lipinski definition) is 9. The summed E-state index contributed by atoms with van der Waals surface area (Å²) < 4.78 is 34.7. The number of nitrogens with zero attached hydrogens (tertiary/aromatic N) is 9. The SMILES string of the molecule is O=C(O)CCC(=O)OCCCn1c(=O)n(CCO)c(=O)n(CCO)c1=O.O=C(O)CCC(=O)OCCCn1c(=O)n(CCO)c(=O)n(CCOC(=O)CCC(=O)O)c1=O.O=C(O)CCC(=O)OCCCn1c(=O)n(CCOC(=O)CCC(=O)O)c(=O)n(CCOC(=O)CCC(=O)O)c1=O. The minimum Gasteiger partial charge on any atom is -0.481 e. The summed E-state index contributed by atoms with van der Waals surface area (Å²) in [6.07, 6.45) is -5.00. The van der Waals surface area contributed by atoms with Gasteiger partial charge in [-0.3, -0.25) is 57.5 Å². The van der Waals surface area contributed by atoms with Crippen molar-refractivity contribution in [3.63, 3.8) is 0 Å². The van der Waals surface area contributed by atoms with Crippen LogP contribution >= 0.6 is 0 Å². The van der Waals surface area contributed by atoms with E-state index in [1.54, 1.807) is 0 Å². The molecule has 0 atom stereocenters. The lowest BCUT2D eigenvalue weighted by Gasteiger charge is -2.14. The molecule has 0 bridgehead atoms. The van der Waals surface area contributed by atoms with Crippen LogP contribution in [0, 0.1) is 0 Å². The zero-order chi connectivity index (χ0) is 74.9. The number of hydrogen-bond acceptors (Lipinski definition) is 30. The van der Waals surface area contributed by atoms with Gasteiger partial charge in [0.25, 0.3) is 0 Å². The first-order valence-electron chi connectivity index (χ1n) is 29.6. The summed E-state index contributed by atoms with van der Waals surface area (Å²) in [5.74, 6) is -12.1. The highest BCUT2D eigenvalue weighted by Crippen LogP contribution is 2.00. The Balaban J connectivity index is 0.000000759. The monoisotopic (exact) mass is 1430 g/mol. The molecule has 0 aromatic carbocycles. The topological polar surface area (TPSA) is 640 Å². The second kappa shape index (κ2) is 46.0. The van der Waals surface area contributed by atoms with E-state index in [4.69, 9.17) is 74.4 Å². The molecule has 0 saturated carbocycles. The second-order valence-corrected chi connectivity index (χ2v) is 19.8. The van der Waals surface area contributed by atoms with E-state index in [2.05, 4.69) is 0 Å². The van der Waals surface area contributed by atoms with Crippen molar-refractivity contribution in [1.82, 2.24) is 41.1 Å². The summed E-state index contributed by atoms with van der Waals surface area (Å²) in [5.41, 5.74) is -9.12. The fourth-order valence-electron chi connectivity index (χ4n) is 7.73. The molecule has 0 aliphatic heterocycles. The molecule has 0 unspecified atom stereocenters. The third-order valence-corrected chi connectivity index (χ3v) is 12.5. The molecule has 3 aromatic heterocycles.